The van der Waals surface area contributed by atoms with E-state index in [0.717, 1.165) is 0 Å². The van der Waals surface area contributed by atoms with Gasteiger partial charge in [-0.05, 0) is 46.3 Å². The van der Waals surface area contributed by atoms with Gasteiger partial charge in [0.05, 0.1) is 9.92 Å². The highest BCUT2D eigenvalue weighted by molar-refractivity contribution is 9.10. The maximum absolute atomic E-state index is 12.3. The van der Waals surface area contributed by atoms with E-state index in [-0.39, 0.29) is 15.5 Å². The Morgan fingerprint density at radius 1 is 1.10 bits per heavy atom. The topological polar surface area (TPSA) is 51.2 Å². The van der Waals surface area contributed by atoms with Gasteiger partial charge >= 0.3 is 0 Å². The van der Waals surface area contributed by atoms with E-state index in [4.69, 9.17) is 23.2 Å². The fraction of sp³-hybridized carbons (Fsp3) is 0.0714. The van der Waals surface area contributed by atoms with Gasteiger partial charge in [-0.1, -0.05) is 35.3 Å². The Morgan fingerprint density at radius 3 is 2.43 bits per heavy atom. The second-order valence-corrected chi connectivity index (χ2v) is 7.89. The zero-order chi connectivity index (χ0) is 15.6. The summed E-state index contributed by atoms with van der Waals surface area (Å²) in [7, 11) is -3.77. The summed E-state index contributed by atoms with van der Waals surface area (Å²) in [5, 5.41) is 0.493. The number of hydrogen-bond donors (Lipinski definition) is 0. The Labute approximate surface area is 140 Å². The molecule has 0 unspecified atom stereocenters. The lowest BCUT2D eigenvalue weighted by Crippen LogP contribution is -2.17. The lowest BCUT2D eigenvalue weighted by molar-refractivity contribution is 0.102. The maximum Gasteiger partial charge on any atom is 0.186 e. The molecule has 0 saturated carbocycles. The van der Waals surface area contributed by atoms with E-state index in [1.165, 1.54) is 24.3 Å². The summed E-state index contributed by atoms with van der Waals surface area (Å²) in [6.45, 7) is 0. The first-order valence-corrected chi connectivity index (χ1v) is 8.97. The third-order valence-electron chi connectivity index (χ3n) is 2.72. The number of ketones is 1. The Bertz CT molecular complexity index is 804. The van der Waals surface area contributed by atoms with E-state index in [9.17, 15) is 13.2 Å². The molecule has 0 aromatic heterocycles. The van der Waals surface area contributed by atoms with Crippen molar-refractivity contribution in [3.05, 3.63) is 62.5 Å². The molecule has 3 nitrogen and oxygen atoms in total. The summed E-state index contributed by atoms with van der Waals surface area (Å²) in [4.78, 5) is 12.2. The minimum Gasteiger partial charge on any atom is -0.293 e. The standard InChI is InChI=1S/C14H9BrCl2O3S/c15-11-3-1-2-4-14(11)21(19,20)8-13(18)10-7-9(16)5-6-12(10)17/h1-7H,8H2. The van der Waals surface area contributed by atoms with Crippen molar-refractivity contribution in [3.8, 4) is 0 Å². The van der Waals surface area contributed by atoms with Crippen LogP contribution in [0.2, 0.25) is 10.0 Å². The minimum absolute atomic E-state index is 0.0662. The molecule has 0 spiro atoms. The normalized spacial score (nSPS) is 11.4. The van der Waals surface area contributed by atoms with Crippen LogP contribution in [0.5, 0.6) is 0 Å². The first-order chi connectivity index (χ1) is 9.81. The molecule has 0 fully saturated rings. The first kappa shape index (κ1) is 16.5. The smallest absolute Gasteiger partial charge is 0.186 e. The number of carbonyl (C=O) groups excluding carboxylic acids is 1. The van der Waals surface area contributed by atoms with Crippen LogP contribution in [0.4, 0.5) is 0 Å². The van der Waals surface area contributed by atoms with Crippen LogP contribution in [0.3, 0.4) is 0 Å². The second-order valence-electron chi connectivity index (χ2n) is 4.24. The van der Waals surface area contributed by atoms with E-state index in [0.29, 0.717) is 9.50 Å². The van der Waals surface area contributed by atoms with Gasteiger partial charge in [-0.15, -0.1) is 0 Å². The number of sulfone groups is 1. The zero-order valence-corrected chi connectivity index (χ0v) is 14.4. The lowest BCUT2D eigenvalue weighted by Gasteiger charge is -2.07. The zero-order valence-electron chi connectivity index (χ0n) is 10.5. The highest BCUT2D eigenvalue weighted by Gasteiger charge is 2.23. The summed E-state index contributed by atoms with van der Waals surface area (Å²) in [5.74, 6) is -1.27. The monoisotopic (exact) mass is 406 g/mol. The molecule has 0 radical (unpaired) electrons. The molecule has 0 aliphatic carbocycles. The van der Waals surface area contributed by atoms with Crippen LogP contribution in [0.25, 0.3) is 0 Å². The van der Waals surface area contributed by atoms with Crippen LogP contribution in [0.15, 0.2) is 51.8 Å². The average molecular weight is 408 g/mol. The highest BCUT2D eigenvalue weighted by Crippen LogP contribution is 2.25. The van der Waals surface area contributed by atoms with Gasteiger partial charge in [-0.25, -0.2) is 8.42 Å². The Hall–Kier alpha value is -0.880. The van der Waals surface area contributed by atoms with Gasteiger partial charge in [0.15, 0.2) is 15.6 Å². The molecule has 0 atom stereocenters. The molecular weight excluding hydrogens is 399 g/mol. The van der Waals surface area contributed by atoms with Gasteiger partial charge in [0.25, 0.3) is 0 Å². The third-order valence-corrected chi connectivity index (χ3v) is 5.91. The van der Waals surface area contributed by atoms with E-state index in [1.807, 2.05) is 0 Å². The quantitative estimate of drug-likeness (QED) is 0.705. The van der Waals surface area contributed by atoms with Crippen LogP contribution in [-0.4, -0.2) is 20.0 Å². The van der Waals surface area contributed by atoms with Gasteiger partial charge < -0.3 is 0 Å². The van der Waals surface area contributed by atoms with Gasteiger partial charge in [0, 0.05) is 15.1 Å². The van der Waals surface area contributed by atoms with Crippen LogP contribution >= 0.6 is 39.1 Å². The molecule has 0 saturated heterocycles. The minimum atomic E-state index is -3.77. The predicted octanol–water partition coefficient (Wildman–Crippen LogP) is 4.41. The van der Waals surface area contributed by atoms with E-state index in [1.54, 1.807) is 18.2 Å². The molecule has 0 N–H and O–H groups in total. The maximum atomic E-state index is 12.3. The van der Waals surface area contributed by atoms with Crippen LogP contribution in [0.1, 0.15) is 10.4 Å². The molecule has 0 heterocycles. The molecule has 110 valence electrons. The largest absolute Gasteiger partial charge is 0.293 e. The van der Waals surface area contributed by atoms with Crippen LogP contribution < -0.4 is 0 Å². The van der Waals surface area contributed by atoms with E-state index in [2.05, 4.69) is 15.9 Å². The molecule has 2 rings (SSSR count). The number of halogens is 3. The second kappa shape index (κ2) is 6.48. The number of Topliss-reactive ketones (excluding diaryl/α,β-unsaturated/α-hetero) is 1. The van der Waals surface area contributed by atoms with Crippen molar-refractivity contribution >= 4 is 54.8 Å². The van der Waals surface area contributed by atoms with Crippen molar-refractivity contribution in [2.45, 2.75) is 4.90 Å². The molecule has 7 heteroatoms. The van der Waals surface area contributed by atoms with Crippen molar-refractivity contribution in [3.63, 3.8) is 0 Å². The summed E-state index contributed by atoms with van der Waals surface area (Å²) in [6.07, 6.45) is 0. The summed E-state index contributed by atoms with van der Waals surface area (Å²) in [5.41, 5.74) is 0.0970. The molecule has 0 bridgehead atoms. The molecule has 2 aromatic rings. The molecule has 0 aliphatic rings. The average Bonchev–Trinajstić information content (AvgIpc) is 2.41. The van der Waals surface area contributed by atoms with E-state index < -0.39 is 21.4 Å². The van der Waals surface area contributed by atoms with Crippen molar-refractivity contribution in [1.82, 2.24) is 0 Å². The molecule has 0 amide bonds. The molecular formula is C14H9BrCl2O3S. The van der Waals surface area contributed by atoms with Crippen LogP contribution in [0, 0.1) is 0 Å². The Morgan fingerprint density at radius 2 is 1.76 bits per heavy atom. The molecule has 21 heavy (non-hydrogen) atoms. The SMILES string of the molecule is O=C(CS(=O)(=O)c1ccccc1Br)c1cc(Cl)ccc1Cl. The highest BCUT2D eigenvalue weighted by atomic mass is 79.9. The fourth-order valence-electron chi connectivity index (χ4n) is 1.74. The van der Waals surface area contributed by atoms with Crippen molar-refractivity contribution in [2.24, 2.45) is 0 Å². The Balaban J connectivity index is 2.35. The fourth-order valence-corrected chi connectivity index (χ4v) is 4.46. The van der Waals surface area contributed by atoms with Gasteiger partial charge in [-0.2, -0.15) is 0 Å². The molecule has 0 aliphatic heterocycles. The summed E-state index contributed by atoms with van der Waals surface area (Å²) < 4.78 is 25.0. The van der Waals surface area contributed by atoms with Crippen molar-refractivity contribution < 1.29 is 13.2 Å². The Kier molecular flexibility index (Phi) is 5.09. The summed E-state index contributed by atoms with van der Waals surface area (Å²) in [6, 6.07) is 10.7. The van der Waals surface area contributed by atoms with Crippen molar-refractivity contribution in [2.75, 3.05) is 5.75 Å². The first-order valence-electron chi connectivity index (χ1n) is 5.77. The number of carbonyl (C=O) groups is 1. The number of benzene rings is 2. The summed E-state index contributed by atoms with van der Waals surface area (Å²) >= 11 is 14.9. The van der Waals surface area contributed by atoms with Gasteiger partial charge in [0.1, 0.15) is 5.75 Å². The third kappa shape index (κ3) is 3.86. The van der Waals surface area contributed by atoms with Crippen molar-refractivity contribution in [1.29, 1.82) is 0 Å². The lowest BCUT2D eigenvalue weighted by atomic mass is 10.1. The van der Waals surface area contributed by atoms with Crippen LogP contribution in [-0.2, 0) is 9.84 Å². The molecule has 2 aromatic carbocycles. The van der Waals surface area contributed by atoms with E-state index >= 15 is 0 Å². The van der Waals surface area contributed by atoms with Gasteiger partial charge in [-0.3, -0.25) is 4.79 Å². The number of hydrogen-bond acceptors (Lipinski definition) is 3. The number of rotatable bonds is 4. The predicted molar refractivity (Wildman–Crippen MR) is 87.0 cm³/mol. The van der Waals surface area contributed by atoms with Gasteiger partial charge in [0.2, 0.25) is 0 Å².